The highest BCUT2D eigenvalue weighted by molar-refractivity contribution is 5.66. The van der Waals surface area contributed by atoms with Gasteiger partial charge < -0.3 is 5.11 Å². The van der Waals surface area contributed by atoms with Crippen LogP contribution in [0.5, 0.6) is 0 Å². The monoisotopic (exact) mass is 241 g/mol. The van der Waals surface area contributed by atoms with Crippen molar-refractivity contribution in [3.8, 4) is 0 Å². The Balaban J connectivity index is 3.94. The molecule has 3 nitrogen and oxygen atoms in total. The number of rotatable bonds is 9. The lowest BCUT2D eigenvalue weighted by molar-refractivity contribution is -0.137. The van der Waals surface area contributed by atoms with Crippen LogP contribution in [0.4, 0.5) is 0 Å². The van der Waals surface area contributed by atoms with Crippen LogP contribution in [0.1, 0.15) is 52.9 Å². The highest BCUT2D eigenvalue weighted by atomic mass is 16.4. The number of unbranched alkanes of at least 4 members (excludes halogenated alkanes) is 3. The Hall–Kier alpha value is -0.830. The van der Waals surface area contributed by atoms with Gasteiger partial charge >= 0.3 is 5.97 Å². The van der Waals surface area contributed by atoms with Gasteiger partial charge in [0.1, 0.15) is 0 Å². The van der Waals surface area contributed by atoms with Crippen LogP contribution in [0.3, 0.4) is 0 Å². The predicted molar refractivity (Wildman–Crippen MR) is 72.2 cm³/mol. The summed E-state index contributed by atoms with van der Waals surface area (Å²) in [6, 6.07) is 0. The van der Waals surface area contributed by atoms with Gasteiger partial charge in [0.15, 0.2) is 0 Å². The van der Waals surface area contributed by atoms with Crippen molar-refractivity contribution < 1.29 is 9.90 Å². The topological polar surface area (TPSA) is 40.5 Å². The number of hydrogen-bond donors (Lipinski definition) is 1. The molecular weight excluding hydrogens is 214 g/mol. The van der Waals surface area contributed by atoms with Crippen molar-refractivity contribution in [2.75, 3.05) is 13.1 Å². The summed E-state index contributed by atoms with van der Waals surface area (Å²) in [5, 5.41) is 8.73. The Morgan fingerprint density at radius 1 is 1.24 bits per heavy atom. The van der Waals surface area contributed by atoms with E-state index in [1.54, 1.807) is 0 Å². The molecule has 0 aliphatic rings. The van der Waals surface area contributed by atoms with Gasteiger partial charge in [-0.05, 0) is 46.6 Å². The second kappa shape index (κ2) is 8.29. The van der Waals surface area contributed by atoms with Gasteiger partial charge in [0.05, 0.1) is 6.42 Å². The van der Waals surface area contributed by atoms with Crippen molar-refractivity contribution in [2.24, 2.45) is 0 Å². The third kappa shape index (κ3) is 8.93. The normalized spacial score (nSPS) is 11.8. The summed E-state index contributed by atoms with van der Waals surface area (Å²) < 4.78 is 0. The summed E-state index contributed by atoms with van der Waals surface area (Å²) in [5.74, 6) is -0.717. The third-order valence-electron chi connectivity index (χ3n) is 2.88. The second-order valence-electron chi connectivity index (χ2n) is 5.44. The molecule has 0 aliphatic carbocycles. The molecule has 0 aromatic heterocycles. The summed E-state index contributed by atoms with van der Waals surface area (Å²) in [5.41, 5.74) is 0.0495. The molecule has 0 atom stereocenters. The van der Waals surface area contributed by atoms with Crippen LogP contribution in [-0.4, -0.2) is 34.6 Å². The SMILES string of the molecule is C=CCCCCCN(CCC(=O)O)C(C)(C)C. The van der Waals surface area contributed by atoms with Gasteiger partial charge in [-0.2, -0.15) is 0 Å². The first-order valence-electron chi connectivity index (χ1n) is 6.45. The Kier molecular flexibility index (Phi) is 7.88. The smallest absolute Gasteiger partial charge is 0.304 e. The van der Waals surface area contributed by atoms with Crippen LogP contribution in [-0.2, 0) is 4.79 Å². The maximum atomic E-state index is 10.6. The quantitative estimate of drug-likeness (QED) is 0.497. The van der Waals surface area contributed by atoms with Crippen LogP contribution < -0.4 is 0 Å². The first kappa shape index (κ1) is 16.2. The second-order valence-corrected chi connectivity index (χ2v) is 5.44. The molecule has 0 saturated carbocycles. The van der Waals surface area contributed by atoms with E-state index in [9.17, 15) is 4.79 Å². The van der Waals surface area contributed by atoms with Gasteiger partial charge in [-0.15, -0.1) is 6.58 Å². The summed E-state index contributed by atoms with van der Waals surface area (Å²) >= 11 is 0. The predicted octanol–water partition coefficient (Wildman–Crippen LogP) is 3.31. The molecule has 0 aromatic rings. The van der Waals surface area contributed by atoms with E-state index in [-0.39, 0.29) is 12.0 Å². The number of hydrogen-bond acceptors (Lipinski definition) is 2. The Morgan fingerprint density at radius 2 is 1.88 bits per heavy atom. The molecule has 0 amide bonds. The van der Waals surface area contributed by atoms with E-state index in [1.165, 1.54) is 12.8 Å². The van der Waals surface area contributed by atoms with Crippen molar-refractivity contribution in [3.05, 3.63) is 12.7 Å². The average molecular weight is 241 g/mol. The fraction of sp³-hybridized carbons (Fsp3) is 0.786. The highest BCUT2D eigenvalue weighted by Crippen LogP contribution is 2.15. The molecule has 0 unspecified atom stereocenters. The van der Waals surface area contributed by atoms with E-state index in [0.717, 1.165) is 19.4 Å². The molecule has 0 heterocycles. The van der Waals surface area contributed by atoms with E-state index in [2.05, 4.69) is 32.3 Å². The maximum Gasteiger partial charge on any atom is 0.304 e. The van der Waals surface area contributed by atoms with Gasteiger partial charge in [0, 0.05) is 12.1 Å². The minimum atomic E-state index is -0.717. The molecule has 1 N–H and O–H groups in total. The molecule has 0 aliphatic heterocycles. The lowest BCUT2D eigenvalue weighted by Gasteiger charge is -2.35. The number of nitrogens with zero attached hydrogens (tertiary/aromatic N) is 1. The third-order valence-corrected chi connectivity index (χ3v) is 2.88. The molecule has 0 spiro atoms. The highest BCUT2D eigenvalue weighted by Gasteiger charge is 2.20. The molecule has 0 fully saturated rings. The molecule has 0 aromatic carbocycles. The zero-order valence-electron chi connectivity index (χ0n) is 11.5. The molecule has 100 valence electrons. The molecule has 3 heteroatoms. The van der Waals surface area contributed by atoms with Gasteiger partial charge in [0.2, 0.25) is 0 Å². The van der Waals surface area contributed by atoms with Crippen molar-refractivity contribution in [3.63, 3.8) is 0 Å². The Morgan fingerprint density at radius 3 is 2.35 bits per heavy atom. The Labute approximate surface area is 106 Å². The average Bonchev–Trinajstić information content (AvgIpc) is 2.19. The number of allylic oxidation sites excluding steroid dienone is 1. The minimum Gasteiger partial charge on any atom is -0.481 e. The largest absolute Gasteiger partial charge is 0.481 e. The van der Waals surface area contributed by atoms with Crippen molar-refractivity contribution in [1.82, 2.24) is 4.90 Å². The summed E-state index contributed by atoms with van der Waals surface area (Å²) in [6.07, 6.45) is 6.75. The summed E-state index contributed by atoms with van der Waals surface area (Å²) in [4.78, 5) is 12.9. The number of aliphatic carboxylic acids is 1. The lowest BCUT2D eigenvalue weighted by atomic mass is 10.0. The van der Waals surface area contributed by atoms with E-state index in [1.807, 2.05) is 6.08 Å². The van der Waals surface area contributed by atoms with E-state index in [4.69, 9.17) is 5.11 Å². The van der Waals surface area contributed by atoms with E-state index >= 15 is 0 Å². The fourth-order valence-corrected chi connectivity index (χ4v) is 1.78. The standard InChI is InChI=1S/C14H27NO2/c1-5-6-7-8-9-11-15(14(2,3)4)12-10-13(16)17/h5H,1,6-12H2,2-4H3,(H,16,17). The zero-order chi connectivity index (χ0) is 13.3. The molecule has 0 bridgehead atoms. The van der Waals surface area contributed by atoms with Gasteiger partial charge in [-0.1, -0.05) is 12.5 Å². The molecule has 17 heavy (non-hydrogen) atoms. The summed E-state index contributed by atoms with van der Waals surface area (Å²) in [7, 11) is 0. The van der Waals surface area contributed by atoms with Gasteiger partial charge in [-0.25, -0.2) is 0 Å². The molecule has 0 radical (unpaired) electrons. The van der Waals surface area contributed by atoms with Gasteiger partial charge in [-0.3, -0.25) is 9.69 Å². The van der Waals surface area contributed by atoms with E-state index in [0.29, 0.717) is 6.54 Å². The number of carboxylic acid groups (broad SMARTS) is 1. The van der Waals surface area contributed by atoms with Crippen molar-refractivity contribution >= 4 is 5.97 Å². The first-order chi connectivity index (χ1) is 7.88. The first-order valence-corrected chi connectivity index (χ1v) is 6.45. The van der Waals surface area contributed by atoms with Crippen LogP contribution in [0, 0.1) is 0 Å². The van der Waals surface area contributed by atoms with Crippen LogP contribution in [0.2, 0.25) is 0 Å². The van der Waals surface area contributed by atoms with Crippen LogP contribution in [0.25, 0.3) is 0 Å². The minimum absolute atomic E-state index is 0.0495. The van der Waals surface area contributed by atoms with Crippen molar-refractivity contribution in [1.29, 1.82) is 0 Å². The Bertz CT molecular complexity index is 231. The van der Waals surface area contributed by atoms with Crippen LogP contribution >= 0.6 is 0 Å². The molecular formula is C14H27NO2. The lowest BCUT2D eigenvalue weighted by Crippen LogP contribution is -2.43. The maximum absolute atomic E-state index is 10.6. The summed E-state index contributed by atoms with van der Waals surface area (Å²) in [6.45, 7) is 11.7. The molecule has 0 saturated heterocycles. The number of carboxylic acids is 1. The fourth-order valence-electron chi connectivity index (χ4n) is 1.78. The van der Waals surface area contributed by atoms with Crippen molar-refractivity contribution in [2.45, 2.75) is 58.4 Å². The molecule has 0 rings (SSSR count). The van der Waals surface area contributed by atoms with Crippen LogP contribution in [0.15, 0.2) is 12.7 Å². The number of carbonyl (C=O) groups is 1. The zero-order valence-corrected chi connectivity index (χ0v) is 11.5. The van der Waals surface area contributed by atoms with E-state index < -0.39 is 5.97 Å². The van der Waals surface area contributed by atoms with Gasteiger partial charge in [0.25, 0.3) is 0 Å².